The third kappa shape index (κ3) is 3.14. The molecule has 0 fully saturated rings. The molecule has 1 heterocycles. The lowest BCUT2D eigenvalue weighted by atomic mass is 10.2. The maximum Gasteiger partial charge on any atom is 0.266 e. The van der Waals surface area contributed by atoms with E-state index in [2.05, 4.69) is 26.2 Å². The van der Waals surface area contributed by atoms with Crippen LogP contribution in [0.15, 0.2) is 39.9 Å². The molecule has 8 heteroatoms. The van der Waals surface area contributed by atoms with Crippen molar-refractivity contribution in [1.82, 2.24) is 5.16 Å². The second-order valence-corrected chi connectivity index (χ2v) is 5.25. The van der Waals surface area contributed by atoms with E-state index in [1.807, 2.05) is 0 Å². The van der Waals surface area contributed by atoms with Gasteiger partial charge in [0.05, 0.1) is 0 Å². The summed E-state index contributed by atoms with van der Waals surface area (Å²) in [7, 11) is -4.10. The van der Waals surface area contributed by atoms with Crippen LogP contribution >= 0.6 is 0 Å². The Kier molecular flexibility index (Phi) is 4.02. The van der Waals surface area contributed by atoms with Gasteiger partial charge < -0.3 is 9.63 Å². The largest absolute Gasteiger partial charge is 0.384 e. The first-order valence-electron chi connectivity index (χ1n) is 5.35. The summed E-state index contributed by atoms with van der Waals surface area (Å²) in [4.78, 5) is -0.532. The lowest BCUT2D eigenvalue weighted by Gasteiger charge is -2.06. The van der Waals surface area contributed by atoms with Crippen molar-refractivity contribution >= 4 is 15.8 Å². The van der Waals surface area contributed by atoms with E-state index in [0.717, 1.165) is 12.1 Å². The van der Waals surface area contributed by atoms with Crippen molar-refractivity contribution in [2.45, 2.75) is 4.90 Å². The number of rotatable bonds is 3. The molecule has 1 aromatic carbocycles. The number of halogens is 1. The molecule has 2 rings (SSSR count). The third-order valence-electron chi connectivity index (χ3n) is 2.21. The first-order valence-corrected chi connectivity index (χ1v) is 6.84. The van der Waals surface area contributed by atoms with Gasteiger partial charge in [0, 0.05) is 11.6 Å². The number of hydrogen-bond donors (Lipinski definition) is 2. The van der Waals surface area contributed by atoms with Gasteiger partial charge in [0.15, 0.2) is 5.82 Å². The van der Waals surface area contributed by atoms with Crippen LogP contribution in [-0.2, 0) is 10.0 Å². The van der Waals surface area contributed by atoms with E-state index < -0.39 is 20.7 Å². The van der Waals surface area contributed by atoms with E-state index in [4.69, 9.17) is 5.11 Å². The molecule has 2 aromatic rings. The standard InChI is InChI=1S/C12H9FN2O4S/c13-10-8-9(2-1-6-16)3-4-11(10)20(17,18)15-12-5-7-19-14-12/h3-5,7-8,16H,6H2,(H,14,15). The van der Waals surface area contributed by atoms with Crippen molar-refractivity contribution < 1.29 is 22.4 Å². The Hall–Kier alpha value is -2.37. The fraction of sp³-hybridized carbons (Fsp3) is 0.0833. The lowest BCUT2D eigenvalue weighted by molar-refractivity contribution is 0.350. The molecule has 20 heavy (non-hydrogen) atoms. The van der Waals surface area contributed by atoms with E-state index >= 15 is 0 Å². The maximum atomic E-state index is 13.8. The summed E-state index contributed by atoms with van der Waals surface area (Å²) >= 11 is 0. The summed E-state index contributed by atoms with van der Waals surface area (Å²) in [5.74, 6) is 3.81. The number of aromatic nitrogens is 1. The van der Waals surface area contributed by atoms with E-state index in [1.165, 1.54) is 18.4 Å². The number of aliphatic hydroxyl groups excluding tert-OH is 1. The molecule has 0 saturated carbocycles. The topological polar surface area (TPSA) is 92.4 Å². The Bertz CT molecular complexity index is 760. The molecule has 0 bridgehead atoms. The summed E-state index contributed by atoms with van der Waals surface area (Å²) in [6, 6.07) is 4.68. The maximum absolute atomic E-state index is 13.8. The summed E-state index contributed by atoms with van der Waals surface area (Å²) in [6.07, 6.45) is 1.18. The number of hydrogen-bond acceptors (Lipinski definition) is 5. The molecule has 1 aromatic heterocycles. The van der Waals surface area contributed by atoms with Crippen molar-refractivity contribution in [2.75, 3.05) is 11.3 Å². The van der Waals surface area contributed by atoms with Crippen LogP contribution in [0.2, 0.25) is 0 Å². The number of anilines is 1. The molecule has 6 nitrogen and oxygen atoms in total. The SMILES string of the molecule is O=S(=O)(Nc1ccon1)c1ccc(C#CCO)cc1F. The van der Waals surface area contributed by atoms with Crippen LogP contribution in [0, 0.1) is 17.7 Å². The molecule has 104 valence electrons. The summed E-state index contributed by atoms with van der Waals surface area (Å²) in [5.41, 5.74) is 0.261. The van der Waals surface area contributed by atoms with Crippen molar-refractivity contribution in [3.05, 3.63) is 41.9 Å². The second-order valence-electron chi connectivity index (χ2n) is 3.60. The van der Waals surface area contributed by atoms with Crippen molar-refractivity contribution in [3.8, 4) is 11.8 Å². The number of aliphatic hydroxyl groups is 1. The number of sulfonamides is 1. The zero-order valence-corrected chi connectivity index (χ0v) is 10.8. The van der Waals surface area contributed by atoms with Gasteiger partial charge in [0.2, 0.25) is 0 Å². The predicted molar refractivity (Wildman–Crippen MR) is 67.7 cm³/mol. The monoisotopic (exact) mass is 296 g/mol. The average Bonchev–Trinajstić information content (AvgIpc) is 2.88. The highest BCUT2D eigenvalue weighted by Crippen LogP contribution is 2.18. The van der Waals surface area contributed by atoms with Crippen molar-refractivity contribution in [3.63, 3.8) is 0 Å². The van der Waals surface area contributed by atoms with Gasteiger partial charge in [0.25, 0.3) is 10.0 Å². The Balaban J connectivity index is 2.33. The number of benzene rings is 1. The minimum atomic E-state index is -4.10. The van der Waals surface area contributed by atoms with Crippen LogP contribution in [0.1, 0.15) is 5.56 Å². The molecule has 0 unspecified atom stereocenters. The normalized spacial score (nSPS) is 10.7. The van der Waals surface area contributed by atoms with Gasteiger partial charge in [-0.05, 0) is 18.2 Å². The summed E-state index contributed by atoms with van der Waals surface area (Å²) in [5, 5.41) is 11.9. The van der Waals surface area contributed by atoms with Crippen LogP contribution < -0.4 is 4.72 Å². The van der Waals surface area contributed by atoms with Gasteiger partial charge in [-0.3, -0.25) is 4.72 Å². The van der Waals surface area contributed by atoms with E-state index in [1.54, 1.807) is 0 Å². The molecule has 0 saturated heterocycles. The molecule has 0 aliphatic heterocycles. The summed E-state index contributed by atoms with van der Waals surface area (Å²) in [6.45, 7) is -0.366. The average molecular weight is 296 g/mol. The van der Waals surface area contributed by atoms with E-state index in [0.29, 0.717) is 0 Å². The highest BCUT2D eigenvalue weighted by Gasteiger charge is 2.20. The first kappa shape index (κ1) is 14.0. The van der Waals surface area contributed by atoms with Gasteiger partial charge in [0.1, 0.15) is 23.6 Å². The van der Waals surface area contributed by atoms with Gasteiger partial charge in [-0.2, -0.15) is 0 Å². The Morgan fingerprint density at radius 1 is 1.40 bits per heavy atom. The number of nitrogens with zero attached hydrogens (tertiary/aromatic N) is 1. The van der Waals surface area contributed by atoms with Crippen LogP contribution in [-0.4, -0.2) is 25.3 Å². The molecular formula is C12H9FN2O4S. The lowest BCUT2D eigenvalue weighted by Crippen LogP contribution is -2.14. The van der Waals surface area contributed by atoms with Crippen LogP contribution in [0.4, 0.5) is 10.2 Å². The second kappa shape index (κ2) is 5.73. The Morgan fingerprint density at radius 2 is 2.20 bits per heavy atom. The van der Waals surface area contributed by atoms with Gasteiger partial charge in [-0.15, -0.1) is 0 Å². The molecule has 0 amide bonds. The highest BCUT2D eigenvalue weighted by atomic mass is 32.2. The quantitative estimate of drug-likeness (QED) is 0.823. The van der Waals surface area contributed by atoms with Gasteiger partial charge >= 0.3 is 0 Å². The molecule has 2 N–H and O–H groups in total. The fourth-order valence-corrected chi connectivity index (χ4v) is 2.45. The number of nitrogens with one attached hydrogen (secondary N) is 1. The Morgan fingerprint density at radius 3 is 2.80 bits per heavy atom. The van der Waals surface area contributed by atoms with Crippen molar-refractivity contribution in [1.29, 1.82) is 0 Å². The molecular weight excluding hydrogens is 287 g/mol. The van der Waals surface area contributed by atoms with Crippen LogP contribution in [0.3, 0.4) is 0 Å². The van der Waals surface area contributed by atoms with Crippen LogP contribution in [0.25, 0.3) is 0 Å². The van der Waals surface area contributed by atoms with Crippen LogP contribution in [0.5, 0.6) is 0 Å². The fourth-order valence-electron chi connectivity index (χ4n) is 1.40. The highest BCUT2D eigenvalue weighted by molar-refractivity contribution is 7.92. The first-order chi connectivity index (χ1) is 9.53. The Labute approximate surface area is 114 Å². The van der Waals surface area contributed by atoms with E-state index in [9.17, 15) is 12.8 Å². The molecule has 0 aliphatic carbocycles. The zero-order chi connectivity index (χ0) is 14.6. The van der Waals surface area contributed by atoms with Gasteiger partial charge in [-0.1, -0.05) is 17.0 Å². The zero-order valence-electron chi connectivity index (χ0n) is 10.00. The van der Waals surface area contributed by atoms with Gasteiger partial charge in [-0.25, -0.2) is 12.8 Å². The molecule has 0 spiro atoms. The van der Waals surface area contributed by atoms with Crippen molar-refractivity contribution in [2.24, 2.45) is 0 Å². The smallest absolute Gasteiger partial charge is 0.266 e. The predicted octanol–water partition coefficient (Wildman–Crippen LogP) is 0.958. The minimum absolute atomic E-state index is 0.0476. The molecule has 0 atom stereocenters. The molecule has 0 radical (unpaired) electrons. The third-order valence-corrected chi connectivity index (χ3v) is 3.60. The van der Waals surface area contributed by atoms with E-state index in [-0.39, 0.29) is 18.0 Å². The summed E-state index contributed by atoms with van der Waals surface area (Å²) < 4.78 is 44.2. The molecule has 0 aliphatic rings. The minimum Gasteiger partial charge on any atom is -0.384 e.